The van der Waals surface area contributed by atoms with Crippen molar-refractivity contribution in [1.29, 1.82) is 0 Å². The lowest BCUT2D eigenvalue weighted by Crippen LogP contribution is -2.41. The molecule has 12 heavy (non-hydrogen) atoms. The van der Waals surface area contributed by atoms with E-state index in [1.165, 1.54) is 0 Å². The molecule has 0 atom stereocenters. The fourth-order valence-electron chi connectivity index (χ4n) is 1.25. The second-order valence-corrected chi connectivity index (χ2v) is 2.86. The van der Waals surface area contributed by atoms with Gasteiger partial charge in [0.15, 0.2) is 0 Å². The predicted octanol–water partition coefficient (Wildman–Crippen LogP) is -0.668. The summed E-state index contributed by atoms with van der Waals surface area (Å²) in [7, 11) is 0. The highest BCUT2D eigenvalue weighted by molar-refractivity contribution is 5.77. The zero-order valence-corrected chi connectivity index (χ0v) is 7.29. The molecular weight excluding hydrogens is 156 g/mol. The largest absolute Gasteiger partial charge is 0.378 e. The van der Waals surface area contributed by atoms with Crippen LogP contribution in [0.25, 0.3) is 0 Å². The molecule has 1 aliphatic rings. The summed E-state index contributed by atoms with van der Waals surface area (Å²) in [5, 5.41) is 0. The number of guanidine groups is 1. The number of hydrogen-bond acceptors (Lipinski definition) is 3. The highest BCUT2D eigenvalue weighted by Gasteiger charge is 2.29. The van der Waals surface area contributed by atoms with E-state index < -0.39 is 0 Å². The van der Waals surface area contributed by atoms with Crippen molar-refractivity contribution in [3.8, 4) is 0 Å². The SMILES string of the molecule is CCOC1CC(N=C(N)NN)C1. The molecule has 0 unspecified atom stereocenters. The van der Waals surface area contributed by atoms with Crippen LogP contribution in [0.4, 0.5) is 0 Å². The summed E-state index contributed by atoms with van der Waals surface area (Å²) in [5.74, 6) is 5.36. The third-order valence-electron chi connectivity index (χ3n) is 1.94. The smallest absolute Gasteiger partial charge is 0.203 e. The molecule has 0 heterocycles. The molecule has 0 saturated heterocycles. The summed E-state index contributed by atoms with van der Waals surface area (Å²) in [4.78, 5) is 4.11. The highest BCUT2D eigenvalue weighted by Crippen LogP contribution is 2.25. The summed E-state index contributed by atoms with van der Waals surface area (Å²) < 4.78 is 5.36. The Bertz CT molecular complexity index is 165. The van der Waals surface area contributed by atoms with E-state index in [9.17, 15) is 0 Å². The highest BCUT2D eigenvalue weighted by atomic mass is 16.5. The van der Waals surface area contributed by atoms with Gasteiger partial charge in [0, 0.05) is 6.61 Å². The number of nitrogens with zero attached hydrogens (tertiary/aromatic N) is 1. The van der Waals surface area contributed by atoms with Crippen molar-refractivity contribution >= 4 is 5.96 Å². The molecule has 0 aromatic carbocycles. The molecule has 1 aliphatic carbocycles. The maximum atomic E-state index is 5.38. The Morgan fingerprint density at radius 2 is 2.33 bits per heavy atom. The monoisotopic (exact) mass is 172 g/mol. The van der Waals surface area contributed by atoms with Crippen molar-refractivity contribution in [2.45, 2.75) is 31.9 Å². The lowest BCUT2D eigenvalue weighted by atomic mass is 9.90. The zero-order chi connectivity index (χ0) is 8.97. The van der Waals surface area contributed by atoms with Crippen molar-refractivity contribution in [3.05, 3.63) is 0 Å². The number of nitrogens with one attached hydrogen (secondary N) is 1. The first-order valence-electron chi connectivity index (χ1n) is 4.17. The van der Waals surface area contributed by atoms with Gasteiger partial charge in [-0.2, -0.15) is 0 Å². The molecule has 0 spiro atoms. The predicted molar refractivity (Wildman–Crippen MR) is 47.4 cm³/mol. The van der Waals surface area contributed by atoms with Gasteiger partial charge in [-0.15, -0.1) is 0 Å². The topological polar surface area (TPSA) is 85.7 Å². The first-order chi connectivity index (χ1) is 5.76. The average Bonchev–Trinajstić information content (AvgIpc) is 2.00. The van der Waals surface area contributed by atoms with Crippen LogP contribution in [-0.4, -0.2) is 24.7 Å². The molecule has 0 radical (unpaired) electrons. The Balaban J connectivity index is 2.17. The van der Waals surface area contributed by atoms with Crippen molar-refractivity contribution in [2.24, 2.45) is 16.6 Å². The van der Waals surface area contributed by atoms with Crippen molar-refractivity contribution < 1.29 is 4.74 Å². The Hall–Kier alpha value is -0.810. The summed E-state index contributed by atoms with van der Waals surface area (Å²) >= 11 is 0. The molecule has 70 valence electrons. The standard InChI is InChI=1S/C7H16N4O/c1-2-12-6-3-5(4-6)10-7(8)11-9/h5-6H,2-4,9H2,1H3,(H3,8,10,11). The lowest BCUT2D eigenvalue weighted by molar-refractivity contribution is -0.000769. The number of rotatable bonds is 3. The second-order valence-electron chi connectivity index (χ2n) is 2.86. The molecule has 5 heteroatoms. The molecule has 0 aromatic rings. The molecular formula is C7H16N4O. The number of hydrazine groups is 1. The van der Waals surface area contributed by atoms with Gasteiger partial charge >= 0.3 is 0 Å². The van der Waals surface area contributed by atoms with E-state index in [1.807, 2.05) is 6.92 Å². The van der Waals surface area contributed by atoms with Gasteiger partial charge in [-0.1, -0.05) is 0 Å². The van der Waals surface area contributed by atoms with Crippen LogP contribution in [0.2, 0.25) is 0 Å². The van der Waals surface area contributed by atoms with Crippen LogP contribution in [-0.2, 0) is 4.74 Å². The molecule has 5 N–H and O–H groups in total. The Morgan fingerprint density at radius 1 is 1.67 bits per heavy atom. The van der Waals surface area contributed by atoms with Crippen molar-refractivity contribution in [1.82, 2.24) is 5.43 Å². The van der Waals surface area contributed by atoms with Crippen molar-refractivity contribution in [3.63, 3.8) is 0 Å². The third kappa shape index (κ3) is 2.35. The van der Waals surface area contributed by atoms with E-state index in [1.54, 1.807) is 0 Å². The van der Waals surface area contributed by atoms with Gasteiger partial charge in [0.1, 0.15) is 0 Å². The van der Waals surface area contributed by atoms with Crippen molar-refractivity contribution in [2.75, 3.05) is 6.61 Å². The number of ether oxygens (including phenoxy) is 1. The first-order valence-corrected chi connectivity index (χ1v) is 4.17. The van der Waals surface area contributed by atoms with Crippen LogP contribution in [0.5, 0.6) is 0 Å². The van der Waals surface area contributed by atoms with Gasteiger partial charge in [0.05, 0.1) is 12.1 Å². The minimum atomic E-state index is 0.289. The van der Waals surface area contributed by atoms with Gasteiger partial charge in [0.25, 0.3) is 0 Å². The molecule has 5 nitrogen and oxygen atoms in total. The van der Waals surface area contributed by atoms with E-state index in [-0.39, 0.29) is 6.04 Å². The van der Waals surface area contributed by atoms with E-state index in [0.29, 0.717) is 12.1 Å². The normalized spacial score (nSPS) is 29.7. The molecule has 0 bridgehead atoms. The van der Waals surface area contributed by atoms with Gasteiger partial charge < -0.3 is 10.5 Å². The lowest BCUT2D eigenvalue weighted by Gasteiger charge is -2.32. The summed E-state index contributed by atoms with van der Waals surface area (Å²) in [6, 6.07) is 0.289. The van der Waals surface area contributed by atoms with Gasteiger partial charge in [-0.25, -0.2) is 10.8 Å². The molecule has 1 rings (SSSR count). The Labute approximate surface area is 72.1 Å². The zero-order valence-electron chi connectivity index (χ0n) is 7.29. The van der Waals surface area contributed by atoms with Crippen LogP contribution >= 0.6 is 0 Å². The summed E-state index contributed by atoms with van der Waals surface area (Å²) in [6.45, 7) is 2.76. The van der Waals surface area contributed by atoms with Gasteiger partial charge in [-0.3, -0.25) is 5.43 Å². The van der Waals surface area contributed by atoms with E-state index in [0.717, 1.165) is 19.4 Å². The van der Waals surface area contributed by atoms with Crippen LogP contribution in [0.15, 0.2) is 4.99 Å². The number of hydrogen-bond donors (Lipinski definition) is 3. The van der Waals surface area contributed by atoms with Gasteiger partial charge in [0.2, 0.25) is 5.96 Å². The van der Waals surface area contributed by atoms with Crippen LogP contribution in [0.1, 0.15) is 19.8 Å². The van der Waals surface area contributed by atoms with Crippen LogP contribution in [0, 0.1) is 0 Å². The molecule has 1 fully saturated rings. The number of aliphatic imine (C=N–C) groups is 1. The Kier molecular flexibility index (Phi) is 3.31. The molecule has 0 amide bonds. The summed E-state index contributed by atoms with van der Waals surface area (Å²) in [5.41, 5.74) is 7.67. The number of nitrogens with two attached hydrogens (primary N) is 2. The Morgan fingerprint density at radius 3 is 2.83 bits per heavy atom. The maximum Gasteiger partial charge on any atom is 0.203 e. The van der Waals surface area contributed by atoms with Gasteiger partial charge in [-0.05, 0) is 19.8 Å². The summed E-state index contributed by atoms with van der Waals surface area (Å²) in [6.07, 6.45) is 2.28. The molecule has 0 aromatic heterocycles. The fourth-order valence-corrected chi connectivity index (χ4v) is 1.25. The van der Waals surface area contributed by atoms with E-state index >= 15 is 0 Å². The second kappa shape index (κ2) is 4.27. The third-order valence-corrected chi connectivity index (χ3v) is 1.94. The average molecular weight is 172 g/mol. The quantitative estimate of drug-likeness (QED) is 0.228. The minimum Gasteiger partial charge on any atom is -0.378 e. The molecule has 0 aliphatic heterocycles. The van der Waals surface area contributed by atoms with Crippen LogP contribution < -0.4 is 17.0 Å². The van der Waals surface area contributed by atoms with E-state index in [2.05, 4.69) is 10.4 Å². The maximum absolute atomic E-state index is 5.38. The van der Waals surface area contributed by atoms with Crippen LogP contribution in [0.3, 0.4) is 0 Å². The minimum absolute atomic E-state index is 0.289. The first kappa shape index (κ1) is 9.28. The molecule has 1 saturated carbocycles. The van der Waals surface area contributed by atoms with E-state index in [4.69, 9.17) is 16.3 Å². The fraction of sp³-hybridized carbons (Fsp3) is 0.857.